The van der Waals surface area contributed by atoms with Crippen LogP contribution < -0.4 is 0 Å². The zero-order valence-corrected chi connectivity index (χ0v) is 11.4. The summed E-state index contributed by atoms with van der Waals surface area (Å²) in [6.45, 7) is 0. The molecule has 2 rings (SSSR count). The zero-order chi connectivity index (χ0) is 11.5. The molecule has 2 nitrogen and oxygen atoms in total. The number of hydrogen-bond donors (Lipinski definition) is 1. The summed E-state index contributed by atoms with van der Waals surface area (Å²) in [6.07, 6.45) is 4.07. The molecule has 1 aromatic carbocycles. The number of aromatic amines is 1. The van der Waals surface area contributed by atoms with E-state index in [0.717, 1.165) is 10.3 Å². The molecule has 0 aliphatic heterocycles. The van der Waals surface area contributed by atoms with Gasteiger partial charge in [-0.3, -0.25) is 0 Å². The van der Waals surface area contributed by atoms with Crippen LogP contribution in [0.4, 0.5) is 4.39 Å². The smallest absolute Gasteiger partial charge is 0.127 e. The molecule has 1 N–H and O–H groups in total. The highest BCUT2D eigenvalue weighted by molar-refractivity contribution is 9.10. The SMILES string of the molecule is Fc1ccc(Br)cc1C(Br)Cc1ncc[nH]1. The Labute approximate surface area is 110 Å². The lowest BCUT2D eigenvalue weighted by molar-refractivity contribution is 0.606. The van der Waals surface area contributed by atoms with Crippen LogP contribution in [0.5, 0.6) is 0 Å². The summed E-state index contributed by atoms with van der Waals surface area (Å²) in [4.78, 5) is 7.02. The number of imidazole rings is 1. The number of hydrogen-bond acceptors (Lipinski definition) is 1. The molecule has 1 unspecified atom stereocenters. The van der Waals surface area contributed by atoms with E-state index < -0.39 is 0 Å². The lowest BCUT2D eigenvalue weighted by Crippen LogP contribution is -2.00. The fraction of sp³-hybridized carbons (Fsp3) is 0.182. The molecule has 0 spiro atoms. The summed E-state index contributed by atoms with van der Waals surface area (Å²) in [5.41, 5.74) is 0.630. The van der Waals surface area contributed by atoms with E-state index in [-0.39, 0.29) is 10.6 Å². The molecular formula is C11H9Br2FN2. The van der Waals surface area contributed by atoms with Gasteiger partial charge in [0.25, 0.3) is 0 Å². The molecule has 1 aromatic heterocycles. The van der Waals surface area contributed by atoms with E-state index in [0.29, 0.717) is 12.0 Å². The summed E-state index contributed by atoms with van der Waals surface area (Å²) >= 11 is 6.80. The molecule has 84 valence electrons. The molecule has 0 radical (unpaired) electrons. The van der Waals surface area contributed by atoms with Gasteiger partial charge in [-0.1, -0.05) is 31.9 Å². The third-order valence-corrected chi connectivity index (χ3v) is 3.53. The Bertz CT molecular complexity index is 471. The van der Waals surface area contributed by atoms with Crippen LogP contribution in [0.2, 0.25) is 0 Å². The van der Waals surface area contributed by atoms with E-state index in [2.05, 4.69) is 41.8 Å². The van der Waals surface area contributed by atoms with Crippen molar-refractivity contribution in [2.75, 3.05) is 0 Å². The minimum absolute atomic E-state index is 0.0869. The molecule has 0 amide bonds. The average Bonchev–Trinajstić information content (AvgIpc) is 2.74. The molecule has 16 heavy (non-hydrogen) atoms. The summed E-state index contributed by atoms with van der Waals surface area (Å²) in [5.74, 6) is 0.623. The summed E-state index contributed by atoms with van der Waals surface area (Å²) in [7, 11) is 0. The molecule has 0 saturated heterocycles. The van der Waals surface area contributed by atoms with Crippen molar-refractivity contribution in [3.05, 3.63) is 52.3 Å². The Morgan fingerprint density at radius 1 is 1.44 bits per heavy atom. The van der Waals surface area contributed by atoms with Crippen molar-refractivity contribution in [1.82, 2.24) is 9.97 Å². The highest BCUT2D eigenvalue weighted by Gasteiger charge is 2.14. The van der Waals surface area contributed by atoms with Crippen LogP contribution in [-0.2, 0) is 6.42 Å². The summed E-state index contributed by atoms with van der Waals surface area (Å²) in [6, 6.07) is 4.92. The van der Waals surface area contributed by atoms with Crippen LogP contribution in [0.25, 0.3) is 0 Å². The largest absolute Gasteiger partial charge is 0.349 e. The molecule has 0 bridgehead atoms. The Balaban J connectivity index is 2.20. The molecule has 0 aliphatic rings. The van der Waals surface area contributed by atoms with E-state index >= 15 is 0 Å². The molecule has 5 heteroatoms. The Morgan fingerprint density at radius 3 is 2.94 bits per heavy atom. The first-order valence-corrected chi connectivity index (χ1v) is 6.45. The highest BCUT2D eigenvalue weighted by atomic mass is 79.9. The molecule has 0 fully saturated rings. The van der Waals surface area contributed by atoms with Crippen molar-refractivity contribution in [2.24, 2.45) is 0 Å². The molecule has 0 aliphatic carbocycles. The van der Waals surface area contributed by atoms with Gasteiger partial charge in [-0.2, -0.15) is 0 Å². The van der Waals surface area contributed by atoms with Crippen LogP contribution in [0, 0.1) is 5.82 Å². The minimum Gasteiger partial charge on any atom is -0.349 e. The van der Waals surface area contributed by atoms with Crippen molar-refractivity contribution < 1.29 is 4.39 Å². The molecule has 0 saturated carbocycles. The normalized spacial score (nSPS) is 12.7. The lowest BCUT2D eigenvalue weighted by atomic mass is 10.1. The van der Waals surface area contributed by atoms with Crippen molar-refractivity contribution in [3.8, 4) is 0 Å². The number of nitrogens with one attached hydrogen (secondary N) is 1. The number of halogens is 3. The van der Waals surface area contributed by atoms with E-state index in [1.54, 1.807) is 24.5 Å². The average molecular weight is 348 g/mol. The number of rotatable bonds is 3. The Morgan fingerprint density at radius 2 is 2.25 bits per heavy atom. The number of H-pyrrole nitrogens is 1. The number of benzene rings is 1. The standard InChI is InChI=1S/C11H9Br2FN2/c12-7-1-2-10(14)8(5-7)9(13)6-11-15-3-4-16-11/h1-5,9H,6H2,(H,15,16). The number of nitrogens with zero attached hydrogens (tertiary/aromatic N) is 1. The van der Waals surface area contributed by atoms with Gasteiger partial charge in [-0.05, 0) is 18.2 Å². The van der Waals surface area contributed by atoms with Gasteiger partial charge in [0.1, 0.15) is 11.6 Å². The van der Waals surface area contributed by atoms with Gasteiger partial charge in [0.15, 0.2) is 0 Å². The van der Waals surface area contributed by atoms with Crippen LogP contribution in [-0.4, -0.2) is 9.97 Å². The number of aromatic nitrogens is 2. The quantitative estimate of drug-likeness (QED) is 0.835. The zero-order valence-electron chi connectivity index (χ0n) is 8.25. The maximum atomic E-state index is 13.6. The Kier molecular flexibility index (Phi) is 3.76. The predicted octanol–water partition coefficient (Wildman–Crippen LogP) is 3.99. The van der Waals surface area contributed by atoms with Gasteiger partial charge in [0.05, 0.1) is 0 Å². The predicted molar refractivity (Wildman–Crippen MR) is 68.1 cm³/mol. The second kappa shape index (κ2) is 5.10. The molecule has 1 heterocycles. The van der Waals surface area contributed by atoms with E-state index in [1.807, 2.05) is 0 Å². The third kappa shape index (κ3) is 2.71. The fourth-order valence-corrected chi connectivity index (χ4v) is 2.48. The van der Waals surface area contributed by atoms with Crippen molar-refractivity contribution in [3.63, 3.8) is 0 Å². The maximum absolute atomic E-state index is 13.6. The highest BCUT2D eigenvalue weighted by Crippen LogP contribution is 2.30. The lowest BCUT2D eigenvalue weighted by Gasteiger charge is -2.10. The second-order valence-corrected chi connectivity index (χ2v) is 5.39. The van der Waals surface area contributed by atoms with E-state index in [9.17, 15) is 4.39 Å². The monoisotopic (exact) mass is 346 g/mol. The van der Waals surface area contributed by atoms with Crippen LogP contribution in [0.1, 0.15) is 16.2 Å². The van der Waals surface area contributed by atoms with Crippen LogP contribution >= 0.6 is 31.9 Å². The fourth-order valence-electron chi connectivity index (χ4n) is 1.44. The molecular weight excluding hydrogens is 339 g/mol. The molecule has 1 atom stereocenters. The van der Waals surface area contributed by atoms with E-state index in [1.165, 1.54) is 6.07 Å². The number of alkyl halides is 1. The summed E-state index contributed by atoms with van der Waals surface area (Å²) in [5, 5.41) is 0. The minimum atomic E-state index is -0.211. The molecule has 2 aromatic rings. The van der Waals surface area contributed by atoms with Crippen molar-refractivity contribution in [2.45, 2.75) is 11.2 Å². The second-order valence-electron chi connectivity index (χ2n) is 3.37. The van der Waals surface area contributed by atoms with Crippen molar-refractivity contribution in [1.29, 1.82) is 0 Å². The third-order valence-electron chi connectivity index (χ3n) is 2.22. The van der Waals surface area contributed by atoms with Gasteiger partial charge >= 0.3 is 0 Å². The Hall–Kier alpha value is -0.680. The van der Waals surface area contributed by atoms with Crippen LogP contribution in [0.15, 0.2) is 35.1 Å². The van der Waals surface area contributed by atoms with Crippen LogP contribution in [0.3, 0.4) is 0 Å². The first-order chi connectivity index (χ1) is 7.66. The first-order valence-electron chi connectivity index (χ1n) is 4.74. The van der Waals surface area contributed by atoms with Gasteiger partial charge in [0.2, 0.25) is 0 Å². The summed E-state index contributed by atoms with van der Waals surface area (Å²) < 4.78 is 14.4. The van der Waals surface area contributed by atoms with Gasteiger partial charge < -0.3 is 4.98 Å². The topological polar surface area (TPSA) is 28.7 Å². The maximum Gasteiger partial charge on any atom is 0.127 e. The van der Waals surface area contributed by atoms with Gasteiger partial charge in [0, 0.05) is 33.7 Å². The van der Waals surface area contributed by atoms with Crippen molar-refractivity contribution >= 4 is 31.9 Å². The van der Waals surface area contributed by atoms with Gasteiger partial charge in [-0.25, -0.2) is 9.37 Å². The first kappa shape index (κ1) is 11.8. The van der Waals surface area contributed by atoms with Gasteiger partial charge in [-0.15, -0.1) is 0 Å². The van der Waals surface area contributed by atoms with E-state index in [4.69, 9.17) is 0 Å².